The van der Waals surface area contributed by atoms with Gasteiger partial charge in [0.15, 0.2) is 6.10 Å². The van der Waals surface area contributed by atoms with E-state index in [1.165, 1.54) is 199 Å². The van der Waals surface area contributed by atoms with E-state index in [-0.39, 0.29) is 32.0 Å². The number of carbonyl (C=O) groups is 2. The molecule has 0 saturated carbocycles. The molecule has 0 aliphatic carbocycles. The summed E-state index contributed by atoms with van der Waals surface area (Å²) in [6.45, 7) is 4.45. The number of quaternary nitrogens is 1. The number of nitrogens with zero attached hydrogens (tertiary/aromatic N) is 1. The molecule has 0 saturated heterocycles. The van der Waals surface area contributed by atoms with Gasteiger partial charge in [0, 0.05) is 12.8 Å². The summed E-state index contributed by atoms with van der Waals surface area (Å²) < 4.78 is 34.5. The van der Waals surface area contributed by atoms with Gasteiger partial charge in [-0.25, -0.2) is 4.57 Å². The lowest BCUT2D eigenvalue weighted by Crippen LogP contribution is -2.37. The van der Waals surface area contributed by atoms with E-state index in [9.17, 15) is 19.0 Å². The highest BCUT2D eigenvalue weighted by Crippen LogP contribution is 2.43. The third-order valence-corrected chi connectivity index (χ3v) is 13.5. The lowest BCUT2D eigenvalue weighted by molar-refractivity contribution is -0.870. The number of hydrogen-bond donors (Lipinski definition) is 1. The van der Waals surface area contributed by atoms with Crippen LogP contribution in [0.5, 0.6) is 0 Å². The summed E-state index contributed by atoms with van der Waals surface area (Å²) in [5.41, 5.74) is 0. The summed E-state index contributed by atoms with van der Waals surface area (Å²) in [4.78, 5) is 35.6. The number of carbonyl (C=O) groups excluding carboxylic acids is 2. The Morgan fingerprint density at radius 2 is 0.818 bits per heavy atom. The van der Waals surface area contributed by atoms with Crippen molar-refractivity contribution in [3.8, 4) is 0 Å². The minimum atomic E-state index is -4.38. The van der Waals surface area contributed by atoms with Crippen molar-refractivity contribution in [1.82, 2.24) is 0 Å². The molecule has 0 aromatic carbocycles. The van der Waals surface area contributed by atoms with Crippen LogP contribution in [0.1, 0.15) is 271 Å². The molecule has 0 spiro atoms. The lowest BCUT2D eigenvalue weighted by Gasteiger charge is -2.24. The molecule has 0 bridgehead atoms. The van der Waals surface area contributed by atoms with Crippen LogP contribution in [0, 0.1) is 0 Å². The first-order valence-corrected chi connectivity index (χ1v) is 29.6. The van der Waals surface area contributed by atoms with Crippen LogP contribution in [0.2, 0.25) is 0 Å². The van der Waals surface area contributed by atoms with Crippen LogP contribution in [0.3, 0.4) is 0 Å². The number of allylic oxidation sites excluding steroid dienone is 4. The first-order chi connectivity index (χ1) is 32.0. The Balaban J connectivity index is 4.16. The fourth-order valence-electron chi connectivity index (χ4n) is 8.11. The molecule has 1 unspecified atom stereocenters. The van der Waals surface area contributed by atoms with Crippen LogP contribution in [0.25, 0.3) is 0 Å². The zero-order valence-electron chi connectivity index (χ0n) is 44.2. The molecule has 0 aliphatic heterocycles. The molecule has 2 atom stereocenters. The van der Waals surface area contributed by atoms with Gasteiger partial charge in [-0.15, -0.1) is 0 Å². The molecule has 0 aliphatic rings. The molecule has 0 fully saturated rings. The molecule has 0 rings (SSSR count). The van der Waals surface area contributed by atoms with Crippen LogP contribution in [-0.2, 0) is 32.7 Å². The molecule has 1 N–H and O–H groups in total. The van der Waals surface area contributed by atoms with E-state index >= 15 is 0 Å². The van der Waals surface area contributed by atoms with Crippen molar-refractivity contribution in [3.63, 3.8) is 0 Å². The second-order valence-electron chi connectivity index (χ2n) is 20.3. The molecule has 390 valence electrons. The van der Waals surface area contributed by atoms with E-state index in [1.807, 2.05) is 21.1 Å². The Morgan fingerprint density at radius 1 is 0.470 bits per heavy atom. The highest BCUT2D eigenvalue weighted by atomic mass is 31.2. The number of hydrogen-bond acceptors (Lipinski definition) is 7. The molecule has 0 aromatic heterocycles. The summed E-state index contributed by atoms with van der Waals surface area (Å²) in [6.07, 6.45) is 56.6. The third kappa shape index (κ3) is 51.9. The zero-order valence-corrected chi connectivity index (χ0v) is 45.1. The number of unbranched alkanes of at least 4 members (excludes halogenated alkanes) is 34. The topological polar surface area (TPSA) is 108 Å². The molecule has 66 heavy (non-hydrogen) atoms. The Kier molecular flexibility index (Phi) is 47.4. The fraction of sp³-hybridized carbons (Fsp3) is 0.893. The monoisotopic (exact) mass is 955 g/mol. The summed E-state index contributed by atoms with van der Waals surface area (Å²) in [5, 5.41) is 0. The largest absolute Gasteiger partial charge is 0.472 e. The predicted octanol–water partition coefficient (Wildman–Crippen LogP) is 17.0. The number of ether oxygens (including phenoxy) is 2. The maximum Gasteiger partial charge on any atom is 0.472 e. The van der Waals surface area contributed by atoms with Crippen molar-refractivity contribution in [2.24, 2.45) is 0 Å². The van der Waals surface area contributed by atoms with Crippen LogP contribution >= 0.6 is 7.82 Å². The number of phosphoric ester groups is 1. The van der Waals surface area contributed by atoms with Crippen molar-refractivity contribution < 1.29 is 42.1 Å². The smallest absolute Gasteiger partial charge is 0.462 e. The SMILES string of the molecule is CCCCC/C=C/C/C=C/CCCCCCCCCCCC(=O)OC[C@H](COP(=O)(O)OCC[N+](C)(C)C)OC(=O)CCCCCCCCCCCCCCCCCCCCCCCCC. The Labute approximate surface area is 409 Å². The van der Waals surface area contributed by atoms with Gasteiger partial charge >= 0.3 is 19.8 Å². The van der Waals surface area contributed by atoms with E-state index < -0.39 is 26.5 Å². The molecular weight excluding hydrogens is 846 g/mol. The second-order valence-corrected chi connectivity index (χ2v) is 21.8. The minimum Gasteiger partial charge on any atom is -0.462 e. The van der Waals surface area contributed by atoms with Gasteiger partial charge in [-0.3, -0.25) is 18.6 Å². The standard InChI is InChI=1S/C56H108NO8P/c1-6-8-10-12-14-16-18-20-22-24-26-27-28-29-31-33-35-37-39-41-43-45-47-49-56(59)65-54(53-64-66(60,61)63-51-50-57(3,4)5)52-62-55(58)48-46-44-42-40-38-36-34-32-30-25-23-21-19-17-15-13-11-9-7-2/h15,17,21,23,54H,6-14,16,18-20,22,24-53H2,1-5H3/p+1/b17-15+,23-21+/t54-/m1/s1. The van der Waals surface area contributed by atoms with Crippen molar-refractivity contribution in [2.75, 3.05) is 47.5 Å². The van der Waals surface area contributed by atoms with Crippen molar-refractivity contribution in [2.45, 2.75) is 277 Å². The van der Waals surface area contributed by atoms with Crippen LogP contribution in [-0.4, -0.2) is 74.9 Å². The summed E-state index contributed by atoms with van der Waals surface area (Å²) in [7, 11) is 1.49. The van der Waals surface area contributed by atoms with Gasteiger partial charge in [-0.05, 0) is 44.9 Å². The van der Waals surface area contributed by atoms with E-state index in [0.29, 0.717) is 17.4 Å². The van der Waals surface area contributed by atoms with Gasteiger partial charge in [0.05, 0.1) is 27.7 Å². The first-order valence-electron chi connectivity index (χ1n) is 28.1. The Bertz CT molecular complexity index is 1170. The molecule has 0 aromatic rings. The predicted molar refractivity (Wildman–Crippen MR) is 280 cm³/mol. The number of phosphoric acid groups is 1. The number of likely N-dealkylation sites (N-methyl/N-ethyl adjacent to an activating group) is 1. The molecule has 0 heterocycles. The average Bonchev–Trinajstić information content (AvgIpc) is 3.27. The molecule has 0 amide bonds. The van der Waals surface area contributed by atoms with Crippen molar-refractivity contribution in [1.29, 1.82) is 0 Å². The maximum atomic E-state index is 12.8. The van der Waals surface area contributed by atoms with Gasteiger partial charge in [0.2, 0.25) is 0 Å². The highest BCUT2D eigenvalue weighted by Gasteiger charge is 2.27. The number of rotatable bonds is 52. The van der Waals surface area contributed by atoms with Gasteiger partial charge < -0.3 is 18.9 Å². The van der Waals surface area contributed by atoms with Crippen LogP contribution in [0.15, 0.2) is 24.3 Å². The Morgan fingerprint density at radius 3 is 1.23 bits per heavy atom. The Hall–Kier alpha value is -1.51. The van der Waals surface area contributed by atoms with E-state index in [0.717, 1.165) is 38.5 Å². The van der Waals surface area contributed by atoms with Crippen molar-refractivity contribution >= 4 is 19.8 Å². The maximum absolute atomic E-state index is 12.8. The first kappa shape index (κ1) is 64.5. The molecular formula is C56H109NO8P+. The van der Waals surface area contributed by atoms with E-state index in [2.05, 4.69) is 38.2 Å². The van der Waals surface area contributed by atoms with Crippen molar-refractivity contribution in [3.05, 3.63) is 24.3 Å². The molecule has 10 heteroatoms. The van der Waals surface area contributed by atoms with Crippen LogP contribution < -0.4 is 0 Å². The lowest BCUT2D eigenvalue weighted by atomic mass is 10.0. The van der Waals surface area contributed by atoms with Gasteiger partial charge in [-0.2, -0.15) is 0 Å². The fourth-order valence-corrected chi connectivity index (χ4v) is 8.85. The van der Waals surface area contributed by atoms with Gasteiger partial charge in [0.25, 0.3) is 0 Å². The zero-order chi connectivity index (χ0) is 48.5. The number of esters is 2. The summed E-state index contributed by atoms with van der Waals surface area (Å²) >= 11 is 0. The normalized spacial score (nSPS) is 13.5. The summed E-state index contributed by atoms with van der Waals surface area (Å²) in [5.74, 6) is -0.788. The molecule has 0 radical (unpaired) electrons. The average molecular weight is 955 g/mol. The van der Waals surface area contributed by atoms with E-state index in [1.54, 1.807) is 0 Å². The second kappa shape index (κ2) is 48.5. The quantitative estimate of drug-likeness (QED) is 0.0211. The third-order valence-electron chi connectivity index (χ3n) is 12.5. The van der Waals surface area contributed by atoms with E-state index in [4.69, 9.17) is 18.5 Å². The highest BCUT2D eigenvalue weighted by molar-refractivity contribution is 7.47. The minimum absolute atomic E-state index is 0.0336. The van der Waals surface area contributed by atoms with Gasteiger partial charge in [0.1, 0.15) is 19.8 Å². The van der Waals surface area contributed by atoms with Gasteiger partial charge in [-0.1, -0.05) is 237 Å². The molecule has 9 nitrogen and oxygen atoms in total. The van der Waals surface area contributed by atoms with Crippen LogP contribution in [0.4, 0.5) is 0 Å². The summed E-state index contributed by atoms with van der Waals surface area (Å²) in [6, 6.07) is 0.